The molecule has 0 unspecified atom stereocenters. The minimum Gasteiger partial charge on any atom is -0.451 e. The van der Waals surface area contributed by atoms with Gasteiger partial charge in [0, 0.05) is 18.7 Å². The molecule has 1 aromatic carbocycles. The first kappa shape index (κ1) is 23.0. The van der Waals surface area contributed by atoms with Crippen LogP contribution in [0.1, 0.15) is 46.1 Å². The molecule has 1 amide bonds. The van der Waals surface area contributed by atoms with Crippen LogP contribution in [0.25, 0.3) is 0 Å². The maximum atomic E-state index is 13.1. The topological polar surface area (TPSA) is 111 Å². The lowest BCUT2D eigenvalue weighted by Gasteiger charge is -2.33. The Morgan fingerprint density at radius 1 is 1.13 bits per heavy atom. The molecule has 1 aliphatic heterocycles. The third kappa shape index (κ3) is 5.13. The van der Waals surface area contributed by atoms with Crippen molar-refractivity contribution in [2.45, 2.75) is 63.1 Å². The number of nitrogens with zero attached hydrogens (tertiary/aromatic N) is 3. The molecule has 2 atom stereocenters. The zero-order valence-corrected chi connectivity index (χ0v) is 18.7. The number of hydrogen-bond acceptors (Lipinski definition) is 6. The number of ether oxygens (including phenoxy) is 1. The summed E-state index contributed by atoms with van der Waals surface area (Å²) in [5.41, 5.74) is 0. The van der Waals surface area contributed by atoms with Gasteiger partial charge in [-0.25, -0.2) is 13.1 Å². The van der Waals surface area contributed by atoms with Crippen molar-refractivity contribution in [1.29, 1.82) is 0 Å². The van der Waals surface area contributed by atoms with E-state index in [-0.39, 0.29) is 17.5 Å². The van der Waals surface area contributed by atoms with Gasteiger partial charge < -0.3 is 10.1 Å². The maximum Gasteiger partial charge on any atom is 0.325 e. The minimum absolute atomic E-state index is 0.0437. The van der Waals surface area contributed by atoms with Crippen LogP contribution in [0.15, 0.2) is 47.5 Å². The Kier molecular flexibility index (Phi) is 7.11. The van der Waals surface area contributed by atoms with E-state index in [0.717, 1.165) is 0 Å². The van der Waals surface area contributed by atoms with Crippen LogP contribution in [-0.4, -0.2) is 53.1 Å². The number of aromatic nitrogens is 2. The molecule has 0 spiro atoms. The van der Waals surface area contributed by atoms with Crippen LogP contribution in [0, 0.1) is 0 Å². The van der Waals surface area contributed by atoms with Crippen molar-refractivity contribution >= 4 is 27.7 Å². The number of piperidine rings is 1. The van der Waals surface area contributed by atoms with Gasteiger partial charge in [-0.1, -0.05) is 18.2 Å². The van der Waals surface area contributed by atoms with Crippen molar-refractivity contribution in [3.8, 4) is 0 Å². The van der Waals surface area contributed by atoms with Gasteiger partial charge in [-0.2, -0.15) is 9.40 Å². The zero-order chi connectivity index (χ0) is 22.6. The summed E-state index contributed by atoms with van der Waals surface area (Å²) in [6.07, 6.45) is 2.19. The second-order valence-corrected chi connectivity index (χ2v) is 9.65. The van der Waals surface area contributed by atoms with Gasteiger partial charge in [0.05, 0.1) is 11.1 Å². The zero-order valence-electron chi connectivity index (χ0n) is 17.9. The predicted octanol–water partition coefficient (Wildman–Crippen LogP) is 2.58. The van der Waals surface area contributed by atoms with E-state index in [9.17, 15) is 18.0 Å². The van der Waals surface area contributed by atoms with Gasteiger partial charge in [0.25, 0.3) is 5.91 Å². The lowest BCUT2D eigenvalue weighted by atomic mass is 10.1. The van der Waals surface area contributed by atoms with E-state index in [2.05, 4.69) is 10.4 Å². The number of amides is 1. The molecule has 10 heteroatoms. The molecule has 0 aliphatic carbocycles. The Morgan fingerprint density at radius 3 is 2.52 bits per heavy atom. The fourth-order valence-corrected chi connectivity index (χ4v) is 5.18. The number of nitrogens with one attached hydrogen (secondary N) is 1. The average Bonchev–Trinajstić information content (AvgIpc) is 3.22. The second-order valence-electron chi connectivity index (χ2n) is 7.76. The standard InChI is InChI=1S/C21H28N4O5S/c1-15(2)25-19(12-13-22-25)23-20(26)16(3)30-21(27)18-11-7-8-14-24(18)31(28,29)17-9-5-4-6-10-17/h4-6,9-10,12-13,15-16,18H,7-8,11,14H2,1-3H3,(H,23,26)/t16-,18+/m1/s1. The van der Waals surface area contributed by atoms with Crippen molar-refractivity contribution in [3.63, 3.8) is 0 Å². The Labute approximate surface area is 182 Å². The van der Waals surface area contributed by atoms with Crippen LogP contribution in [0.5, 0.6) is 0 Å². The Bertz CT molecular complexity index is 1020. The number of carbonyl (C=O) groups is 2. The Morgan fingerprint density at radius 2 is 1.84 bits per heavy atom. The first-order valence-corrected chi connectivity index (χ1v) is 11.8. The summed E-state index contributed by atoms with van der Waals surface area (Å²) in [7, 11) is -3.85. The highest BCUT2D eigenvalue weighted by atomic mass is 32.2. The fourth-order valence-electron chi connectivity index (χ4n) is 3.52. The molecule has 2 aromatic rings. The molecule has 1 aromatic heterocycles. The van der Waals surface area contributed by atoms with E-state index < -0.39 is 34.0 Å². The van der Waals surface area contributed by atoms with Crippen LogP contribution in [-0.2, 0) is 24.3 Å². The van der Waals surface area contributed by atoms with E-state index in [1.165, 1.54) is 23.4 Å². The van der Waals surface area contributed by atoms with Crippen molar-refractivity contribution in [2.24, 2.45) is 0 Å². The quantitative estimate of drug-likeness (QED) is 0.652. The lowest BCUT2D eigenvalue weighted by molar-refractivity contribution is -0.157. The summed E-state index contributed by atoms with van der Waals surface area (Å²) in [6, 6.07) is 8.74. The molecule has 0 bridgehead atoms. The number of anilines is 1. The van der Waals surface area contributed by atoms with Gasteiger partial charge in [-0.05, 0) is 52.2 Å². The van der Waals surface area contributed by atoms with E-state index in [4.69, 9.17) is 4.74 Å². The molecule has 0 saturated carbocycles. The highest BCUT2D eigenvalue weighted by molar-refractivity contribution is 7.89. The normalized spacial score (nSPS) is 18.5. The molecule has 168 valence electrons. The van der Waals surface area contributed by atoms with E-state index in [1.807, 2.05) is 13.8 Å². The maximum absolute atomic E-state index is 13.1. The summed E-state index contributed by atoms with van der Waals surface area (Å²) in [5, 5.41) is 6.85. The summed E-state index contributed by atoms with van der Waals surface area (Å²) < 4.78 is 34.3. The third-order valence-electron chi connectivity index (χ3n) is 5.15. The van der Waals surface area contributed by atoms with Crippen molar-refractivity contribution < 1.29 is 22.7 Å². The van der Waals surface area contributed by atoms with Crippen molar-refractivity contribution in [3.05, 3.63) is 42.6 Å². The minimum atomic E-state index is -3.85. The number of carbonyl (C=O) groups excluding carboxylic acids is 2. The second kappa shape index (κ2) is 9.61. The highest BCUT2D eigenvalue weighted by Gasteiger charge is 2.39. The van der Waals surface area contributed by atoms with Gasteiger partial charge in [-0.15, -0.1) is 0 Å². The molecule has 1 saturated heterocycles. The van der Waals surface area contributed by atoms with Crippen molar-refractivity contribution in [1.82, 2.24) is 14.1 Å². The first-order chi connectivity index (χ1) is 14.7. The van der Waals surface area contributed by atoms with Crippen LogP contribution < -0.4 is 5.32 Å². The third-order valence-corrected chi connectivity index (χ3v) is 7.07. The molecule has 1 aliphatic rings. The van der Waals surface area contributed by atoms with E-state index in [0.29, 0.717) is 25.1 Å². The summed E-state index contributed by atoms with van der Waals surface area (Å²) in [4.78, 5) is 25.5. The molecule has 9 nitrogen and oxygen atoms in total. The fraction of sp³-hybridized carbons (Fsp3) is 0.476. The first-order valence-electron chi connectivity index (χ1n) is 10.3. The number of esters is 1. The van der Waals surface area contributed by atoms with Crippen molar-refractivity contribution in [2.75, 3.05) is 11.9 Å². The molecule has 0 radical (unpaired) electrons. The van der Waals surface area contributed by atoms with Gasteiger partial charge in [-0.3, -0.25) is 9.59 Å². The summed E-state index contributed by atoms with van der Waals surface area (Å²) >= 11 is 0. The highest BCUT2D eigenvalue weighted by Crippen LogP contribution is 2.26. The van der Waals surface area contributed by atoms with E-state index in [1.54, 1.807) is 35.1 Å². The van der Waals surface area contributed by atoms with Gasteiger partial charge in [0.2, 0.25) is 10.0 Å². The number of hydrogen-bond donors (Lipinski definition) is 1. The van der Waals surface area contributed by atoms with E-state index >= 15 is 0 Å². The molecule has 3 rings (SSSR count). The number of benzene rings is 1. The molecule has 2 heterocycles. The summed E-state index contributed by atoms with van der Waals surface area (Å²) in [5.74, 6) is -0.739. The summed E-state index contributed by atoms with van der Waals surface area (Å²) in [6.45, 7) is 5.54. The Hall–Kier alpha value is -2.72. The lowest BCUT2D eigenvalue weighted by Crippen LogP contribution is -2.49. The number of rotatable bonds is 7. The monoisotopic (exact) mass is 448 g/mol. The number of sulfonamides is 1. The average molecular weight is 449 g/mol. The molecule has 1 N–H and O–H groups in total. The molecule has 1 fully saturated rings. The predicted molar refractivity (Wildman–Crippen MR) is 115 cm³/mol. The SMILES string of the molecule is CC(C)n1nccc1NC(=O)[C@@H](C)OC(=O)[C@@H]1CCCCN1S(=O)(=O)c1ccccc1. The van der Waals surface area contributed by atoms with Crippen LogP contribution >= 0.6 is 0 Å². The van der Waals surface area contributed by atoms with Gasteiger partial charge >= 0.3 is 5.97 Å². The van der Waals surface area contributed by atoms with Crippen LogP contribution in [0.4, 0.5) is 5.82 Å². The molecular weight excluding hydrogens is 420 g/mol. The largest absolute Gasteiger partial charge is 0.451 e. The van der Waals surface area contributed by atoms with Gasteiger partial charge in [0.15, 0.2) is 6.10 Å². The smallest absolute Gasteiger partial charge is 0.325 e. The molecular formula is C21H28N4O5S. The van der Waals surface area contributed by atoms with Crippen LogP contribution in [0.2, 0.25) is 0 Å². The van der Waals surface area contributed by atoms with Crippen LogP contribution in [0.3, 0.4) is 0 Å². The molecule has 31 heavy (non-hydrogen) atoms. The van der Waals surface area contributed by atoms with Gasteiger partial charge in [0.1, 0.15) is 11.9 Å². The Balaban J connectivity index is 1.70.